The van der Waals surface area contributed by atoms with Crippen LogP contribution in [0.2, 0.25) is 0 Å². The molecule has 1 aliphatic heterocycles. The quantitative estimate of drug-likeness (QED) is 0.500. The van der Waals surface area contributed by atoms with Crippen molar-refractivity contribution in [2.45, 2.75) is 26.7 Å². The molecule has 1 nitrogen and oxygen atoms in total. The first-order valence-electron chi connectivity index (χ1n) is 4.09. The molecule has 1 heterocycles. The number of hydrogen-bond donors (Lipinski definition) is 0. The number of rotatable bonds is 1. The zero-order valence-electron chi connectivity index (χ0n) is 7.06. The Morgan fingerprint density at radius 2 is 1.80 bits per heavy atom. The Bertz CT molecular complexity index is 95.8. The molecule has 0 aromatic rings. The van der Waals surface area contributed by atoms with Crippen LogP contribution in [0.5, 0.6) is 0 Å². The van der Waals surface area contributed by atoms with Crippen molar-refractivity contribution in [3.05, 3.63) is 0 Å². The number of likely N-dealkylation sites (tertiary alicyclic amines) is 1. The van der Waals surface area contributed by atoms with E-state index in [1.54, 1.807) is 0 Å². The molecular formula is C9H17N. The molecule has 1 aliphatic rings. The molecule has 1 heteroatoms. The monoisotopic (exact) mass is 139 g/mol. The van der Waals surface area contributed by atoms with E-state index in [0.29, 0.717) is 0 Å². The summed E-state index contributed by atoms with van der Waals surface area (Å²) in [5.74, 6) is 2.64. The summed E-state index contributed by atoms with van der Waals surface area (Å²) in [6.45, 7) is 7.27. The summed E-state index contributed by atoms with van der Waals surface area (Å²) in [5.41, 5.74) is 0. The van der Waals surface area contributed by atoms with E-state index in [1.165, 1.54) is 25.9 Å². The van der Waals surface area contributed by atoms with Gasteiger partial charge in [0.2, 0.25) is 0 Å². The van der Waals surface area contributed by atoms with Gasteiger partial charge in [0.05, 0.1) is 6.54 Å². The van der Waals surface area contributed by atoms with Gasteiger partial charge in [-0.05, 0) is 25.9 Å². The highest BCUT2D eigenvalue weighted by Crippen LogP contribution is 2.04. The maximum Gasteiger partial charge on any atom is 0.0598 e. The molecule has 0 bridgehead atoms. The SMILES string of the molecule is C#CCN1CCCC1.CC. The Kier molecular flexibility index (Phi) is 6.32. The first kappa shape index (κ1) is 9.52. The first-order chi connectivity index (χ1) is 4.93. The van der Waals surface area contributed by atoms with Crippen LogP contribution in [-0.4, -0.2) is 24.5 Å². The highest BCUT2D eigenvalue weighted by molar-refractivity contribution is 4.89. The highest BCUT2D eigenvalue weighted by Gasteiger charge is 2.08. The fraction of sp³-hybridized carbons (Fsp3) is 0.778. The molecule has 1 saturated heterocycles. The van der Waals surface area contributed by atoms with Crippen LogP contribution in [0.25, 0.3) is 0 Å². The fourth-order valence-electron chi connectivity index (χ4n) is 1.07. The number of nitrogens with zero attached hydrogens (tertiary/aromatic N) is 1. The van der Waals surface area contributed by atoms with Crippen LogP contribution in [0.15, 0.2) is 0 Å². The second-order valence-electron chi connectivity index (χ2n) is 2.19. The molecule has 0 aromatic carbocycles. The largest absolute Gasteiger partial charge is 0.292 e. The van der Waals surface area contributed by atoms with E-state index in [9.17, 15) is 0 Å². The van der Waals surface area contributed by atoms with E-state index in [4.69, 9.17) is 6.42 Å². The van der Waals surface area contributed by atoms with Crippen molar-refractivity contribution >= 4 is 0 Å². The van der Waals surface area contributed by atoms with E-state index in [1.807, 2.05) is 13.8 Å². The Balaban J connectivity index is 0.000000371. The second kappa shape index (κ2) is 6.64. The Labute approximate surface area is 64.4 Å². The van der Waals surface area contributed by atoms with Gasteiger partial charge in [-0.25, -0.2) is 0 Å². The van der Waals surface area contributed by atoms with Crippen molar-refractivity contribution in [2.75, 3.05) is 19.6 Å². The second-order valence-corrected chi connectivity index (χ2v) is 2.19. The van der Waals surface area contributed by atoms with E-state index < -0.39 is 0 Å². The van der Waals surface area contributed by atoms with Crippen LogP contribution in [0, 0.1) is 12.3 Å². The Morgan fingerprint density at radius 1 is 1.30 bits per heavy atom. The smallest absolute Gasteiger partial charge is 0.0598 e. The van der Waals surface area contributed by atoms with Gasteiger partial charge in [-0.15, -0.1) is 6.42 Å². The normalized spacial score (nSPS) is 17.3. The molecule has 0 saturated carbocycles. The maximum atomic E-state index is 5.12. The van der Waals surface area contributed by atoms with Gasteiger partial charge in [0.15, 0.2) is 0 Å². The molecule has 0 aromatic heterocycles. The molecule has 0 radical (unpaired) electrons. The minimum atomic E-state index is 0.847. The summed E-state index contributed by atoms with van der Waals surface area (Å²) >= 11 is 0. The van der Waals surface area contributed by atoms with Crippen molar-refractivity contribution in [1.82, 2.24) is 4.90 Å². The lowest BCUT2D eigenvalue weighted by Crippen LogP contribution is -2.18. The third-order valence-electron chi connectivity index (χ3n) is 1.51. The van der Waals surface area contributed by atoms with Gasteiger partial charge in [0.1, 0.15) is 0 Å². The van der Waals surface area contributed by atoms with Crippen LogP contribution in [0.1, 0.15) is 26.7 Å². The molecule has 0 atom stereocenters. The van der Waals surface area contributed by atoms with Gasteiger partial charge in [-0.1, -0.05) is 19.8 Å². The van der Waals surface area contributed by atoms with Crippen LogP contribution >= 0.6 is 0 Å². The third-order valence-corrected chi connectivity index (χ3v) is 1.51. The predicted molar refractivity (Wildman–Crippen MR) is 45.9 cm³/mol. The van der Waals surface area contributed by atoms with Gasteiger partial charge in [0.25, 0.3) is 0 Å². The van der Waals surface area contributed by atoms with E-state index in [-0.39, 0.29) is 0 Å². The van der Waals surface area contributed by atoms with Crippen molar-refractivity contribution < 1.29 is 0 Å². The average molecular weight is 139 g/mol. The van der Waals surface area contributed by atoms with Crippen LogP contribution in [0.3, 0.4) is 0 Å². The van der Waals surface area contributed by atoms with E-state index in [0.717, 1.165) is 6.54 Å². The Morgan fingerprint density at radius 3 is 2.20 bits per heavy atom. The summed E-state index contributed by atoms with van der Waals surface area (Å²) in [7, 11) is 0. The first-order valence-corrected chi connectivity index (χ1v) is 4.09. The fourth-order valence-corrected chi connectivity index (χ4v) is 1.07. The van der Waals surface area contributed by atoms with Crippen LogP contribution in [-0.2, 0) is 0 Å². The molecule has 0 aliphatic carbocycles. The van der Waals surface area contributed by atoms with Gasteiger partial charge in [-0.2, -0.15) is 0 Å². The molecular weight excluding hydrogens is 122 g/mol. The van der Waals surface area contributed by atoms with Gasteiger partial charge >= 0.3 is 0 Å². The molecule has 58 valence electrons. The zero-order valence-corrected chi connectivity index (χ0v) is 7.06. The van der Waals surface area contributed by atoms with Crippen LogP contribution in [0.4, 0.5) is 0 Å². The maximum absolute atomic E-state index is 5.12. The molecule has 10 heavy (non-hydrogen) atoms. The summed E-state index contributed by atoms with van der Waals surface area (Å²) < 4.78 is 0. The van der Waals surface area contributed by atoms with Gasteiger partial charge in [0, 0.05) is 0 Å². The summed E-state index contributed by atoms with van der Waals surface area (Å²) in [5, 5.41) is 0. The number of terminal acetylenes is 1. The van der Waals surface area contributed by atoms with Gasteiger partial charge in [-0.3, -0.25) is 4.90 Å². The minimum absolute atomic E-state index is 0.847. The topological polar surface area (TPSA) is 3.24 Å². The molecule has 0 N–H and O–H groups in total. The summed E-state index contributed by atoms with van der Waals surface area (Å²) in [6.07, 6.45) is 7.79. The van der Waals surface area contributed by atoms with Crippen molar-refractivity contribution in [2.24, 2.45) is 0 Å². The average Bonchev–Trinajstić information content (AvgIpc) is 2.46. The zero-order chi connectivity index (χ0) is 7.82. The molecule has 0 unspecified atom stereocenters. The summed E-state index contributed by atoms with van der Waals surface area (Å²) in [4.78, 5) is 2.31. The van der Waals surface area contributed by atoms with Gasteiger partial charge < -0.3 is 0 Å². The molecule has 0 amide bonds. The van der Waals surface area contributed by atoms with Crippen LogP contribution < -0.4 is 0 Å². The Hall–Kier alpha value is -0.480. The number of hydrogen-bond acceptors (Lipinski definition) is 1. The van der Waals surface area contributed by atoms with Crippen molar-refractivity contribution in [3.63, 3.8) is 0 Å². The van der Waals surface area contributed by atoms with Crippen molar-refractivity contribution in [3.8, 4) is 12.3 Å². The van der Waals surface area contributed by atoms with E-state index >= 15 is 0 Å². The molecule has 1 fully saturated rings. The van der Waals surface area contributed by atoms with E-state index in [2.05, 4.69) is 10.8 Å². The standard InChI is InChI=1S/C7H11N.C2H6/c1-2-5-8-6-3-4-7-8;1-2/h1H,3-7H2;1-2H3. The lowest BCUT2D eigenvalue weighted by atomic mass is 10.4. The highest BCUT2D eigenvalue weighted by atomic mass is 15.1. The molecule has 1 rings (SSSR count). The molecule has 0 spiro atoms. The third kappa shape index (κ3) is 3.53. The predicted octanol–water partition coefficient (Wildman–Crippen LogP) is 1.74. The lowest BCUT2D eigenvalue weighted by Gasteiger charge is -2.07. The summed E-state index contributed by atoms with van der Waals surface area (Å²) in [6, 6.07) is 0. The minimum Gasteiger partial charge on any atom is -0.292 e. The lowest BCUT2D eigenvalue weighted by molar-refractivity contribution is 0.383. The van der Waals surface area contributed by atoms with Crippen molar-refractivity contribution in [1.29, 1.82) is 0 Å².